The minimum absolute atomic E-state index is 0.373. The number of aliphatic hydroxyl groups is 1. The van der Waals surface area contributed by atoms with E-state index in [2.05, 4.69) is 63.1 Å². The Labute approximate surface area is 166 Å². The van der Waals surface area contributed by atoms with E-state index in [4.69, 9.17) is 0 Å². The standard InChI is InChI=1S/C27H22O/c1-5-17-11-8-14-20-23(17)27(28)24-18(6-2)12-9-15-21(24)26(20,4)22-16-10-13-19(7-3)25(22)27/h5-16,28H,1-3H2,4H3. The summed E-state index contributed by atoms with van der Waals surface area (Å²) in [6, 6.07) is 18.7. The van der Waals surface area contributed by atoms with Crippen molar-refractivity contribution in [3.05, 3.63) is 124 Å². The van der Waals surface area contributed by atoms with Gasteiger partial charge in [-0.2, -0.15) is 0 Å². The van der Waals surface area contributed by atoms with Crippen LogP contribution < -0.4 is 0 Å². The summed E-state index contributed by atoms with van der Waals surface area (Å²) < 4.78 is 0. The van der Waals surface area contributed by atoms with Gasteiger partial charge in [0.1, 0.15) is 5.60 Å². The highest BCUT2D eigenvalue weighted by molar-refractivity contribution is 5.82. The predicted molar refractivity (Wildman–Crippen MR) is 117 cm³/mol. The van der Waals surface area contributed by atoms with E-state index in [1.165, 1.54) is 0 Å². The third kappa shape index (κ3) is 1.67. The van der Waals surface area contributed by atoms with E-state index < -0.39 is 5.60 Å². The molecule has 0 amide bonds. The predicted octanol–water partition coefficient (Wildman–Crippen LogP) is 5.88. The fourth-order valence-corrected chi connectivity index (χ4v) is 5.49. The molecule has 0 atom stereocenters. The maximum Gasteiger partial charge on any atom is 0.143 e. The van der Waals surface area contributed by atoms with E-state index in [0.29, 0.717) is 0 Å². The van der Waals surface area contributed by atoms with Gasteiger partial charge in [0.05, 0.1) is 0 Å². The molecule has 0 aromatic heterocycles. The Balaban J connectivity index is 2.10. The van der Waals surface area contributed by atoms with Gasteiger partial charge >= 0.3 is 0 Å². The van der Waals surface area contributed by atoms with Gasteiger partial charge in [-0.25, -0.2) is 0 Å². The maximum absolute atomic E-state index is 12.6. The second-order valence-electron chi connectivity index (χ2n) is 7.76. The summed E-state index contributed by atoms with van der Waals surface area (Å²) in [6.45, 7) is 14.3. The molecule has 0 saturated heterocycles. The zero-order valence-corrected chi connectivity index (χ0v) is 16.0. The Morgan fingerprint density at radius 2 is 0.964 bits per heavy atom. The molecule has 3 aromatic carbocycles. The smallest absolute Gasteiger partial charge is 0.143 e. The number of hydrogen-bond donors (Lipinski definition) is 1. The lowest BCUT2D eigenvalue weighted by molar-refractivity contribution is 0.107. The fraction of sp³-hybridized carbons (Fsp3) is 0.111. The first kappa shape index (κ1) is 17.0. The minimum atomic E-state index is -1.28. The molecule has 1 heteroatoms. The molecule has 3 aliphatic carbocycles. The number of hydrogen-bond acceptors (Lipinski definition) is 1. The van der Waals surface area contributed by atoms with E-state index in [1.807, 2.05) is 36.4 Å². The van der Waals surface area contributed by atoms with E-state index in [1.54, 1.807) is 0 Å². The number of benzene rings is 3. The average molecular weight is 362 g/mol. The van der Waals surface area contributed by atoms with Crippen LogP contribution in [0.15, 0.2) is 74.3 Å². The second-order valence-corrected chi connectivity index (χ2v) is 7.76. The zero-order chi connectivity index (χ0) is 19.7. The molecule has 0 heterocycles. The highest BCUT2D eigenvalue weighted by Gasteiger charge is 2.58. The largest absolute Gasteiger partial charge is 0.376 e. The van der Waals surface area contributed by atoms with Gasteiger partial charge in [0.15, 0.2) is 0 Å². The second kappa shape index (κ2) is 5.43. The average Bonchev–Trinajstić information content (AvgIpc) is 2.75. The summed E-state index contributed by atoms with van der Waals surface area (Å²) >= 11 is 0. The molecule has 3 aromatic rings. The summed E-state index contributed by atoms with van der Waals surface area (Å²) in [7, 11) is 0. The topological polar surface area (TPSA) is 20.2 Å². The molecule has 0 fully saturated rings. The Morgan fingerprint density at radius 3 is 1.25 bits per heavy atom. The van der Waals surface area contributed by atoms with Crippen LogP contribution in [0.4, 0.5) is 0 Å². The van der Waals surface area contributed by atoms with Gasteiger partial charge in [-0.05, 0) is 40.3 Å². The van der Waals surface area contributed by atoms with Crippen LogP contribution in [0.2, 0.25) is 0 Å². The summed E-state index contributed by atoms with van der Waals surface area (Å²) in [4.78, 5) is 0. The highest BCUT2D eigenvalue weighted by Crippen LogP contribution is 2.63. The summed E-state index contributed by atoms with van der Waals surface area (Å²) in [5.41, 5.74) is 7.41. The lowest BCUT2D eigenvalue weighted by atomic mass is 9.50. The Hall–Kier alpha value is -3.16. The number of rotatable bonds is 3. The lowest BCUT2D eigenvalue weighted by Gasteiger charge is -2.54. The Kier molecular flexibility index (Phi) is 3.29. The molecule has 1 N–H and O–H groups in total. The van der Waals surface area contributed by atoms with Crippen molar-refractivity contribution in [2.24, 2.45) is 0 Å². The van der Waals surface area contributed by atoms with Gasteiger partial charge in [-0.1, -0.05) is 92.6 Å². The Bertz CT molecular complexity index is 1050. The molecule has 0 saturated carbocycles. The van der Waals surface area contributed by atoms with Gasteiger partial charge in [0.2, 0.25) is 0 Å². The molecule has 0 aliphatic heterocycles. The highest BCUT2D eigenvalue weighted by atomic mass is 16.3. The molecule has 0 unspecified atom stereocenters. The van der Waals surface area contributed by atoms with Crippen LogP contribution in [0.5, 0.6) is 0 Å². The van der Waals surface area contributed by atoms with E-state index >= 15 is 0 Å². The summed E-state index contributed by atoms with van der Waals surface area (Å²) in [5, 5.41) is 12.6. The molecular formula is C27H22O. The minimum Gasteiger partial charge on any atom is -0.376 e. The molecule has 0 spiro atoms. The van der Waals surface area contributed by atoms with Gasteiger partial charge < -0.3 is 5.11 Å². The molecule has 0 radical (unpaired) electrons. The molecule has 136 valence electrons. The van der Waals surface area contributed by atoms with Crippen LogP contribution in [0.25, 0.3) is 18.2 Å². The lowest BCUT2D eigenvalue weighted by Crippen LogP contribution is -2.50. The van der Waals surface area contributed by atoms with Crippen molar-refractivity contribution < 1.29 is 5.11 Å². The van der Waals surface area contributed by atoms with Gasteiger partial charge in [0, 0.05) is 22.1 Å². The molecule has 3 aliphatic rings. The SMILES string of the molecule is C=Cc1cccc2c1C1(O)c3c(C=C)cccc3C2(C)c2cccc(C=C)c21. The summed E-state index contributed by atoms with van der Waals surface area (Å²) in [6.07, 6.45) is 5.52. The van der Waals surface area contributed by atoms with Crippen molar-refractivity contribution in [1.29, 1.82) is 0 Å². The molecular weight excluding hydrogens is 340 g/mol. The maximum atomic E-state index is 12.6. The van der Waals surface area contributed by atoms with Crippen molar-refractivity contribution >= 4 is 18.2 Å². The first-order valence-electron chi connectivity index (χ1n) is 9.55. The van der Waals surface area contributed by atoms with Crippen LogP contribution in [0.3, 0.4) is 0 Å². The molecule has 28 heavy (non-hydrogen) atoms. The third-order valence-electron chi connectivity index (χ3n) is 6.65. The first-order valence-corrected chi connectivity index (χ1v) is 9.55. The Morgan fingerprint density at radius 1 is 0.643 bits per heavy atom. The van der Waals surface area contributed by atoms with Gasteiger partial charge in [-0.15, -0.1) is 0 Å². The normalized spacial score (nSPS) is 23.4. The van der Waals surface area contributed by atoms with Gasteiger partial charge in [0.25, 0.3) is 0 Å². The fourth-order valence-electron chi connectivity index (χ4n) is 5.49. The monoisotopic (exact) mass is 362 g/mol. The van der Waals surface area contributed by atoms with Crippen LogP contribution in [-0.4, -0.2) is 5.11 Å². The summed E-state index contributed by atoms with van der Waals surface area (Å²) in [5.74, 6) is 0. The molecule has 6 rings (SSSR count). The molecule has 1 nitrogen and oxygen atoms in total. The van der Waals surface area contributed by atoms with Crippen LogP contribution in [-0.2, 0) is 11.0 Å². The first-order chi connectivity index (χ1) is 13.5. The van der Waals surface area contributed by atoms with Crippen molar-refractivity contribution in [2.45, 2.75) is 17.9 Å². The van der Waals surface area contributed by atoms with Crippen LogP contribution in [0, 0.1) is 0 Å². The van der Waals surface area contributed by atoms with Crippen LogP contribution in [0.1, 0.15) is 57.0 Å². The van der Waals surface area contributed by atoms with Crippen molar-refractivity contribution in [3.63, 3.8) is 0 Å². The third-order valence-corrected chi connectivity index (χ3v) is 6.65. The van der Waals surface area contributed by atoms with Crippen LogP contribution >= 0.6 is 0 Å². The van der Waals surface area contributed by atoms with E-state index in [-0.39, 0.29) is 5.41 Å². The van der Waals surface area contributed by atoms with Gasteiger partial charge in [-0.3, -0.25) is 0 Å². The quantitative estimate of drug-likeness (QED) is 0.617. The van der Waals surface area contributed by atoms with Crippen molar-refractivity contribution in [1.82, 2.24) is 0 Å². The zero-order valence-electron chi connectivity index (χ0n) is 16.0. The van der Waals surface area contributed by atoms with Crippen molar-refractivity contribution in [3.8, 4) is 0 Å². The van der Waals surface area contributed by atoms with Crippen molar-refractivity contribution in [2.75, 3.05) is 0 Å². The van der Waals surface area contributed by atoms with E-state index in [9.17, 15) is 5.11 Å². The molecule has 2 bridgehead atoms. The van der Waals surface area contributed by atoms with E-state index in [0.717, 1.165) is 50.1 Å².